The van der Waals surface area contributed by atoms with Crippen LogP contribution in [-0.2, 0) is 7.05 Å². The first-order valence-electron chi connectivity index (χ1n) is 4.62. The standard InChI is InChI=1S/C10H9N5/c1-14-7-8(6-12-14)9-2-4-15-5-3-11-10(15)13-9/h2-7H,1H3. The molecule has 0 amide bonds. The highest BCUT2D eigenvalue weighted by Crippen LogP contribution is 2.15. The van der Waals surface area contributed by atoms with E-state index in [1.54, 1.807) is 17.1 Å². The Labute approximate surface area is 86.0 Å². The zero-order valence-corrected chi connectivity index (χ0v) is 8.20. The summed E-state index contributed by atoms with van der Waals surface area (Å²) >= 11 is 0. The molecular formula is C10H9N5. The molecule has 74 valence electrons. The Morgan fingerprint density at radius 1 is 1.27 bits per heavy atom. The highest BCUT2D eigenvalue weighted by atomic mass is 15.2. The molecule has 0 saturated carbocycles. The molecule has 0 spiro atoms. The van der Waals surface area contributed by atoms with Gasteiger partial charge in [-0.2, -0.15) is 5.10 Å². The fraction of sp³-hybridized carbons (Fsp3) is 0.100. The minimum Gasteiger partial charge on any atom is -0.291 e. The van der Waals surface area contributed by atoms with Gasteiger partial charge >= 0.3 is 0 Å². The molecule has 0 aromatic carbocycles. The first-order chi connectivity index (χ1) is 7.33. The van der Waals surface area contributed by atoms with Crippen LogP contribution in [0.25, 0.3) is 17.0 Å². The Hall–Kier alpha value is -2.17. The summed E-state index contributed by atoms with van der Waals surface area (Å²) in [7, 11) is 1.89. The molecule has 3 aromatic heterocycles. The van der Waals surface area contributed by atoms with Gasteiger partial charge in [-0.1, -0.05) is 0 Å². The molecule has 0 aliphatic heterocycles. The molecular weight excluding hydrogens is 190 g/mol. The number of imidazole rings is 1. The molecule has 3 heterocycles. The number of hydrogen-bond donors (Lipinski definition) is 0. The lowest BCUT2D eigenvalue weighted by Gasteiger charge is -1.96. The van der Waals surface area contributed by atoms with Crippen molar-refractivity contribution in [3.05, 3.63) is 37.1 Å². The Kier molecular flexibility index (Phi) is 1.58. The van der Waals surface area contributed by atoms with E-state index in [4.69, 9.17) is 0 Å². The van der Waals surface area contributed by atoms with Crippen LogP contribution in [0.3, 0.4) is 0 Å². The molecule has 5 heteroatoms. The third-order valence-corrected chi connectivity index (χ3v) is 2.26. The van der Waals surface area contributed by atoms with Crippen LogP contribution in [-0.4, -0.2) is 24.1 Å². The molecule has 0 radical (unpaired) electrons. The molecule has 3 aromatic rings. The molecule has 0 saturated heterocycles. The van der Waals surface area contributed by atoms with Gasteiger partial charge in [-0.25, -0.2) is 9.97 Å². The molecule has 15 heavy (non-hydrogen) atoms. The van der Waals surface area contributed by atoms with E-state index in [0.29, 0.717) is 5.78 Å². The fourth-order valence-electron chi connectivity index (χ4n) is 1.52. The number of nitrogens with zero attached hydrogens (tertiary/aromatic N) is 5. The van der Waals surface area contributed by atoms with E-state index in [2.05, 4.69) is 15.1 Å². The van der Waals surface area contributed by atoms with Crippen LogP contribution in [0.1, 0.15) is 0 Å². The number of hydrogen-bond acceptors (Lipinski definition) is 3. The Morgan fingerprint density at radius 2 is 2.20 bits per heavy atom. The fourth-order valence-corrected chi connectivity index (χ4v) is 1.52. The third-order valence-electron chi connectivity index (χ3n) is 2.26. The number of fused-ring (bicyclic) bond motifs is 1. The Balaban J connectivity index is 2.18. The molecule has 0 bridgehead atoms. The normalized spacial score (nSPS) is 11.0. The highest BCUT2D eigenvalue weighted by molar-refractivity contribution is 5.58. The van der Waals surface area contributed by atoms with Crippen molar-refractivity contribution >= 4 is 5.78 Å². The van der Waals surface area contributed by atoms with E-state index in [0.717, 1.165) is 11.3 Å². The molecule has 5 nitrogen and oxygen atoms in total. The highest BCUT2D eigenvalue weighted by Gasteiger charge is 2.03. The van der Waals surface area contributed by atoms with Crippen molar-refractivity contribution in [2.75, 3.05) is 0 Å². The summed E-state index contributed by atoms with van der Waals surface area (Å²) in [6.07, 6.45) is 9.27. The summed E-state index contributed by atoms with van der Waals surface area (Å²) in [5, 5.41) is 4.11. The largest absolute Gasteiger partial charge is 0.291 e. The van der Waals surface area contributed by atoms with Gasteiger partial charge in [0, 0.05) is 37.4 Å². The second kappa shape index (κ2) is 2.91. The predicted molar refractivity (Wildman–Crippen MR) is 55.2 cm³/mol. The zero-order chi connectivity index (χ0) is 10.3. The maximum atomic E-state index is 4.42. The average Bonchev–Trinajstić information content (AvgIpc) is 2.84. The second-order valence-corrected chi connectivity index (χ2v) is 3.35. The average molecular weight is 199 g/mol. The van der Waals surface area contributed by atoms with E-state index >= 15 is 0 Å². The van der Waals surface area contributed by atoms with Crippen molar-refractivity contribution in [2.24, 2.45) is 7.05 Å². The summed E-state index contributed by atoms with van der Waals surface area (Å²) < 4.78 is 3.63. The van der Waals surface area contributed by atoms with Gasteiger partial charge in [0.1, 0.15) is 0 Å². The van der Waals surface area contributed by atoms with Gasteiger partial charge in [-0.05, 0) is 6.07 Å². The predicted octanol–water partition coefficient (Wildman–Crippen LogP) is 1.13. The Morgan fingerprint density at radius 3 is 3.00 bits per heavy atom. The van der Waals surface area contributed by atoms with Crippen LogP contribution in [0.5, 0.6) is 0 Å². The van der Waals surface area contributed by atoms with E-state index in [-0.39, 0.29) is 0 Å². The van der Waals surface area contributed by atoms with Crippen LogP contribution in [0.15, 0.2) is 37.1 Å². The van der Waals surface area contributed by atoms with Gasteiger partial charge < -0.3 is 0 Å². The van der Waals surface area contributed by atoms with Gasteiger partial charge in [-0.15, -0.1) is 0 Å². The topological polar surface area (TPSA) is 48.0 Å². The van der Waals surface area contributed by atoms with Crippen molar-refractivity contribution in [1.82, 2.24) is 24.1 Å². The quantitative estimate of drug-likeness (QED) is 0.590. The first kappa shape index (κ1) is 8.16. The number of aryl methyl sites for hydroxylation is 1. The van der Waals surface area contributed by atoms with Crippen LogP contribution < -0.4 is 0 Å². The third kappa shape index (κ3) is 1.28. The van der Waals surface area contributed by atoms with E-state index in [1.807, 2.05) is 36.1 Å². The minimum atomic E-state index is 0.705. The van der Waals surface area contributed by atoms with E-state index < -0.39 is 0 Å². The van der Waals surface area contributed by atoms with Crippen molar-refractivity contribution in [3.8, 4) is 11.3 Å². The lowest BCUT2D eigenvalue weighted by Crippen LogP contribution is -1.89. The molecule has 3 rings (SSSR count). The minimum absolute atomic E-state index is 0.705. The van der Waals surface area contributed by atoms with Crippen LogP contribution in [0, 0.1) is 0 Å². The summed E-state index contributed by atoms with van der Waals surface area (Å²) in [4.78, 5) is 8.55. The summed E-state index contributed by atoms with van der Waals surface area (Å²) in [6, 6.07) is 1.95. The number of aromatic nitrogens is 5. The summed E-state index contributed by atoms with van der Waals surface area (Å²) in [6.45, 7) is 0. The first-order valence-corrected chi connectivity index (χ1v) is 4.62. The Bertz CT molecular complexity index is 607. The molecule has 0 unspecified atom stereocenters. The molecule has 0 atom stereocenters. The maximum Gasteiger partial charge on any atom is 0.234 e. The van der Waals surface area contributed by atoms with Crippen molar-refractivity contribution < 1.29 is 0 Å². The monoisotopic (exact) mass is 199 g/mol. The molecule has 0 N–H and O–H groups in total. The van der Waals surface area contributed by atoms with Crippen molar-refractivity contribution in [1.29, 1.82) is 0 Å². The van der Waals surface area contributed by atoms with Crippen LogP contribution in [0.4, 0.5) is 0 Å². The van der Waals surface area contributed by atoms with E-state index in [9.17, 15) is 0 Å². The lowest BCUT2D eigenvalue weighted by atomic mass is 10.2. The van der Waals surface area contributed by atoms with E-state index in [1.165, 1.54) is 0 Å². The second-order valence-electron chi connectivity index (χ2n) is 3.35. The smallest absolute Gasteiger partial charge is 0.234 e. The zero-order valence-electron chi connectivity index (χ0n) is 8.20. The lowest BCUT2D eigenvalue weighted by molar-refractivity contribution is 0.768. The van der Waals surface area contributed by atoms with Gasteiger partial charge in [-0.3, -0.25) is 9.08 Å². The molecule has 0 fully saturated rings. The molecule has 0 aliphatic rings. The van der Waals surface area contributed by atoms with Crippen LogP contribution >= 0.6 is 0 Å². The summed E-state index contributed by atoms with van der Waals surface area (Å²) in [5.74, 6) is 0.705. The van der Waals surface area contributed by atoms with Gasteiger partial charge in [0.05, 0.1) is 11.9 Å². The maximum absolute atomic E-state index is 4.42. The number of rotatable bonds is 1. The van der Waals surface area contributed by atoms with Gasteiger partial charge in [0.15, 0.2) is 0 Å². The van der Waals surface area contributed by atoms with Crippen molar-refractivity contribution in [2.45, 2.75) is 0 Å². The van der Waals surface area contributed by atoms with Gasteiger partial charge in [0.2, 0.25) is 5.78 Å². The van der Waals surface area contributed by atoms with Gasteiger partial charge in [0.25, 0.3) is 0 Å². The summed E-state index contributed by atoms with van der Waals surface area (Å²) in [5.41, 5.74) is 1.89. The van der Waals surface area contributed by atoms with Crippen LogP contribution in [0.2, 0.25) is 0 Å². The SMILES string of the molecule is Cn1cc(-c2ccn3ccnc3n2)cn1. The molecule has 0 aliphatic carbocycles. The van der Waals surface area contributed by atoms with Crippen molar-refractivity contribution in [3.63, 3.8) is 0 Å².